The van der Waals surface area contributed by atoms with Crippen LogP contribution < -0.4 is 10.9 Å². The quantitative estimate of drug-likeness (QED) is 0.485. The average Bonchev–Trinajstić information content (AvgIpc) is 3.32. The molecule has 1 amide bonds. The zero-order valence-corrected chi connectivity index (χ0v) is 17.6. The summed E-state index contributed by atoms with van der Waals surface area (Å²) >= 11 is 1.40. The predicted octanol–water partition coefficient (Wildman–Crippen LogP) is 4.48. The second-order valence-electron chi connectivity index (χ2n) is 7.15. The monoisotopic (exact) mass is 418 g/mol. The molecule has 2 heterocycles. The SMILES string of the molecule is Cc1cccc(NC(=O)CCc2c(C)[nH]n(-c3nc(-c4ccccc4)cs3)c2=O)c1. The Morgan fingerprint density at radius 2 is 1.93 bits per heavy atom. The maximum absolute atomic E-state index is 12.9. The van der Waals surface area contributed by atoms with Crippen molar-refractivity contribution in [2.75, 3.05) is 5.32 Å². The van der Waals surface area contributed by atoms with Crippen molar-refractivity contribution in [3.8, 4) is 16.4 Å². The Morgan fingerprint density at radius 3 is 2.70 bits per heavy atom. The number of rotatable bonds is 6. The Bertz CT molecular complexity index is 1240. The van der Waals surface area contributed by atoms with Crippen molar-refractivity contribution < 1.29 is 4.79 Å². The molecule has 0 atom stereocenters. The average molecular weight is 419 g/mol. The summed E-state index contributed by atoms with van der Waals surface area (Å²) in [6.45, 7) is 3.82. The van der Waals surface area contributed by atoms with E-state index in [-0.39, 0.29) is 17.9 Å². The van der Waals surface area contributed by atoms with Gasteiger partial charge in [0.05, 0.1) is 5.69 Å². The van der Waals surface area contributed by atoms with Crippen LogP contribution in [0.15, 0.2) is 64.8 Å². The van der Waals surface area contributed by atoms with Crippen LogP contribution in [0.1, 0.15) is 23.2 Å². The Balaban J connectivity index is 1.48. The van der Waals surface area contributed by atoms with Gasteiger partial charge in [0.15, 0.2) is 0 Å². The fourth-order valence-corrected chi connectivity index (χ4v) is 4.09. The third-order valence-electron chi connectivity index (χ3n) is 4.85. The number of carbonyl (C=O) groups excluding carboxylic acids is 1. The highest BCUT2D eigenvalue weighted by atomic mass is 32.1. The Hall–Kier alpha value is -3.45. The lowest BCUT2D eigenvalue weighted by atomic mass is 10.1. The van der Waals surface area contributed by atoms with Crippen LogP contribution in [-0.4, -0.2) is 20.7 Å². The van der Waals surface area contributed by atoms with E-state index in [0.29, 0.717) is 17.1 Å². The number of aryl methyl sites for hydroxylation is 2. The molecule has 0 bridgehead atoms. The second kappa shape index (κ2) is 8.51. The molecule has 0 spiro atoms. The molecule has 2 aromatic heterocycles. The molecule has 0 aliphatic rings. The highest BCUT2D eigenvalue weighted by Crippen LogP contribution is 2.23. The van der Waals surface area contributed by atoms with Crippen molar-refractivity contribution in [1.82, 2.24) is 14.8 Å². The molecule has 30 heavy (non-hydrogen) atoms. The zero-order valence-electron chi connectivity index (χ0n) is 16.8. The number of thiazole rings is 1. The van der Waals surface area contributed by atoms with Crippen LogP contribution in [0.5, 0.6) is 0 Å². The number of aromatic amines is 1. The standard InChI is InChI=1S/C23H22N4O2S/c1-15-7-6-10-18(13-15)24-21(28)12-11-19-16(2)26-27(22(19)29)23-25-20(14-30-23)17-8-4-3-5-9-17/h3-10,13-14,26H,11-12H2,1-2H3,(H,24,28). The molecule has 0 saturated carbocycles. The first kappa shape index (κ1) is 19.8. The lowest BCUT2D eigenvalue weighted by Crippen LogP contribution is -2.19. The first-order valence-corrected chi connectivity index (χ1v) is 10.6. The first-order valence-electron chi connectivity index (χ1n) is 9.69. The molecule has 0 unspecified atom stereocenters. The molecule has 6 nitrogen and oxygen atoms in total. The summed E-state index contributed by atoms with van der Waals surface area (Å²) in [5.41, 5.74) is 4.86. The van der Waals surface area contributed by atoms with Gasteiger partial charge in [-0.05, 0) is 38.0 Å². The van der Waals surface area contributed by atoms with E-state index in [0.717, 1.165) is 28.2 Å². The molecule has 0 aliphatic carbocycles. The highest BCUT2D eigenvalue weighted by Gasteiger charge is 2.16. The Labute approximate surface area is 178 Å². The summed E-state index contributed by atoms with van der Waals surface area (Å²) in [4.78, 5) is 29.8. The molecule has 152 valence electrons. The number of nitrogens with zero attached hydrogens (tertiary/aromatic N) is 2. The summed E-state index contributed by atoms with van der Waals surface area (Å²) in [5.74, 6) is -0.118. The van der Waals surface area contributed by atoms with Crippen LogP contribution in [0.4, 0.5) is 5.69 Å². The lowest BCUT2D eigenvalue weighted by Gasteiger charge is -2.05. The fraction of sp³-hybridized carbons (Fsp3) is 0.174. The molecule has 0 saturated heterocycles. The summed E-state index contributed by atoms with van der Waals surface area (Å²) < 4.78 is 1.46. The highest BCUT2D eigenvalue weighted by molar-refractivity contribution is 7.12. The van der Waals surface area contributed by atoms with Crippen molar-refractivity contribution in [2.45, 2.75) is 26.7 Å². The minimum Gasteiger partial charge on any atom is -0.326 e. The molecular weight excluding hydrogens is 396 g/mol. The number of amides is 1. The number of hydrogen-bond acceptors (Lipinski definition) is 4. The van der Waals surface area contributed by atoms with Gasteiger partial charge in [-0.3, -0.25) is 14.7 Å². The van der Waals surface area contributed by atoms with Gasteiger partial charge in [-0.15, -0.1) is 11.3 Å². The summed E-state index contributed by atoms with van der Waals surface area (Å²) in [6, 6.07) is 17.5. The number of benzene rings is 2. The summed E-state index contributed by atoms with van der Waals surface area (Å²) in [6.07, 6.45) is 0.595. The maximum Gasteiger partial charge on any atom is 0.276 e. The van der Waals surface area contributed by atoms with Crippen LogP contribution in [0.25, 0.3) is 16.4 Å². The molecule has 4 rings (SSSR count). The van der Waals surface area contributed by atoms with E-state index < -0.39 is 0 Å². The van der Waals surface area contributed by atoms with Crippen molar-refractivity contribution >= 4 is 22.9 Å². The van der Waals surface area contributed by atoms with Crippen molar-refractivity contribution in [1.29, 1.82) is 0 Å². The van der Waals surface area contributed by atoms with Crippen LogP contribution in [0.3, 0.4) is 0 Å². The van der Waals surface area contributed by atoms with E-state index in [1.165, 1.54) is 16.0 Å². The van der Waals surface area contributed by atoms with Gasteiger partial charge < -0.3 is 5.32 Å². The van der Waals surface area contributed by atoms with E-state index in [9.17, 15) is 9.59 Å². The molecular formula is C23H22N4O2S. The van der Waals surface area contributed by atoms with Gasteiger partial charge in [-0.25, -0.2) is 4.98 Å². The summed E-state index contributed by atoms with van der Waals surface area (Å²) in [5, 5.41) is 8.49. The van der Waals surface area contributed by atoms with Crippen LogP contribution in [0.2, 0.25) is 0 Å². The van der Waals surface area contributed by atoms with E-state index in [4.69, 9.17) is 0 Å². The van der Waals surface area contributed by atoms with Gasteiger partial charge >= 0.3 is 0 Å². The number of carbonyl (C=O) groups is 1. The second-order valence-corrected chi connectivity index (χ2v) is 7.99. The third kappa shape index (κ3) is 4.26. The van der Waals surface area contributed by atoms with Gasteiger partial charge in [-0.2, -0.15) is 4.68 Å². The van der Waals surface area contributed by atoms with Crippen molar-refractivity contribution in [3.63, 3.8) is 0 Å². The van der Waals surface area contributed by atoms with Crippen LogP contribution >= 0.6 is 11.3 Å². The van der Waals surface area contributed by atoms with Crippen molar-refractivity contribution in [2.24, 2.45) is 0 Å². The van der Waals surface area contributed by atoms with Crippen LogP contribution in [0, 0.1) is 13.8 Å². The molecule has 0 aliphatic heterocycles. The normalized spacial score (nSPS) is 10.9. The predicted molar refractivity (Wildman–Crippen MR) is 120 cm³/mol. The molecule has 7 heteroatoms. The summed E-state index contributed by atoms with van der Waals surface area (Å²) in [7, 11) is 0. The number of H-pyrrole nitrogens is 1. The molecule has 2 aromatic carbocycles. The minimum atomic E-state index is -0.162. The van der Waals surface area contributed by atoms with E-state index >= 15 is 0 Å². The largest absolute Gasteiger partial charge is 0.326 e. The molecule has 2 N–H and O–H groups in total. The van der Waals surface area contributed by atoms with Gasteiger partial charge in [0.1, 0.15) is 0 Å². The van der Waals surface area contributed by atoms with E-state index in [1.54, 1.807) is 0 Å². The number of hydrogen-bond donors (Lipinski definition) is 2. The van der Waals surface area contributed by atoms with Gasteiger partial charge in [0.2, 0.25) is 11.0 Å². The first-order chi connectivity index (χ1) is 14.5. The minimum absolute atomic E-state index is 0.118. The molecule has 0 radical (unpaired) electrons. The lowest BCUT2D eigenvalue weighted by molar-refractivity contribution is -0.116. The van der Waals surface area contributed by atoms with Crippen molar-refractivity contribution in [3.05, 3.63) is 87.2 Å². The van der Waals surface area contributed by atoms with Gasteiger partial charge in [-0.1, -0.05) is 42.5 Å². The topological polar surface area (TPSA) is 79.8 Å². The Morgan fingerprint density at radius 1 is 1.13 bits per heavy atom. The Kier molecular flexibility index (Phi) is 5.63. The number of aromatic nitrogens is 3. The van der Waals surface area contributed by atoms with Crippen LogP contribution in [-0.2, 0) is 11.2 Å². The van der Waals surface area contributed by atoms with E-state index in [1.807, 2.05) is 73.8 Å². The van der Waals surface area contributed by atoms with E-state index in [2.05, 4.69) is 15.4 Å². The van der Waals surface area contributed by atoms with Gasteiger partial charge in [0.25, 0.3) is 5.56 Å². The molecule has 0 fully saturated rings. The fourth-order valence-electron chi connectivity index (χ4n) is 3.30. The maximum atomic E-state index is 12.9. The zero-order chi connectivity index (χ0) is 21.1. The molecule has 4 aromatic rings. The number of nitrogens with one attached hydrogen (secondary N) is 2. The third-order valence-corrected chi connectivity index (χ3v) is 5.68. The smallest absolute Gasteiger partial charge is 0.276 e. The number of anilines is 1. The van der Waals surface area contributed by atoms with Gasteiger partial charge in [0, 0.05) is 34.3 Å².